The van der Waals surface area contributed by atoms with Crippen LogP contribution in [0, 0.1) is 25.0 Å². The molecule has 6 heteroatoms. The van der Waals surface area contributed by atoms with Gasteiger partial charge in [-0.25, -0.2) is 4.98 Å². The van der Waals surface area contributed by atoms with E-state index in [2.05, 4.69) is 138 Å². The first-order chi connectivity index (χ1) is 23.5. The Morgan fingerprint density at radius 3 is 2.32 bits per heavy atom. The molecule has 260 valence electrons. The van der Waals surface area contributed by atoms with Gasteiger partial charge in [0.05, 0.1) is 5.69 Å². The minimum atomic E-state index is 0. The van der Waals surface area contributed by atoms with E-state index < -0.39 is 0 Å². The van der Waals surface area contributed by atoms with Crippen LogP contribution in [0.25, 0.3) is 33.3 Å². The van der Waals surface area contributed by atoms with Crippen molar-refractivity contribution in [2.45, 2.75) is 98.8 Å². The third kappa shape index (κ3) is 6.50. The van der Waals surface area contributed by atoms with Crippen LogP contribution in [-0.2, 0) is 21.1 Å². The maximum absolute atomic E-state index is 6.69. The second-order valence-corrected chi connectivity index (χ2v) is 14.9. The maximum Gasteiger partial charge on any atom is 2.00 e. The summed E-state index contributed by atoms with van der Waals surface area (Å²) in [4.78, 5) is 4.74. The molecule has 1 aliphatic rings. The smallest absolute Gasteiger partial charge is 0.509 e. The van der Waals surface area contributed by atoms with Gasteiger partial charge in [-0.3, -0.25) is 4.68 Å². The molecule has 7 rings (SSSR count). The monoisotopic (exact) mass is 843 g/mol. The molecule has 0 bridgehead atoms. The Hall–Kier alpha value is -3.95. The standard InChI is InChI=1S/C44H48N4O.Pt/c1-26(2)32-22-33(48-44(28(5)6)42(43(46-48)27(3)4)41-30(8)13-12-14-31(41)9)24-35(23-32)49-34-17-18-37-36-15-10-11-16-38(36)47(39(37)25-34)40-21-29(7)19-20-45-40;/h10-11,13,15-23,26-28,31,41H,12,14H2,1-9H3;/q-2;+2/t31-,41?;/m0./s1. The number of aryl methyl sites for hydroxylation is 1. The molecule has 2 atom stereocenters. The van der Waals surface area contributed by atoms with Gasteiger partial charge in [0, 0.05) is 40.4 Å². The van der Waals surface area contributed by atoms with Gasteiger partial charge in [-0.15, -0.1) is 41.3 Å². The van der Waals surface area contributed by atoms with Crippen LogP contribution in [0.4, 0.5) is 0 Å². The molecule has 0 saturated carbocycles. The zero-order valence-corrected chi connectivity index (χ0v) is 33.0. The van der Waals surface area contributed by atoms with Crippen LogP contribution in [0.3, 0.4) is 0 Å². The van der Waals surface area contributed by atoms with Crippen LogP contribution in [0.5, 0.6) is 11.5 Å². The van der Waals surface area contributed by atoms with Crippen LogP contribution >= 0.6 is 0 Å². The number of hydrogen-bond donors (Lipinski definition) is 0. The van der Waals surface area contributed by atoms with Gasteiger partial charge in [-0.1, -0.05) is 83.8 Å². The van der Waals surface area contributed by atoms with E-state index in [1.54, 1.807) is 0 Å². The van der Waals surface area contributed by atoms with E-state index in [-0.39, 0.29) is 27.0 Å². The number of hydrogen-bond acceptors (Lipinski definition) is 3. The van der Waals surface area contributed by atoms with Gasteiger partial charge in [-0.2, -0.15) is 11.2 Å². The quantitative estimate of drug-likeness (QED) is 0.113. The Kier molecular flexibility index (Phi) is 10.3. The van der Waals surface area contributed by atoms with E-state index in [0.29, 0.717) is 35.2 Å². The molecule has 0 amide bonds. The van der Waals surface area contributed by atoms with Gasteiger partial charge >= 0.3 is 21.1 Å². The van der Waals surface area contributed by atoms with Gasteiger partial charge in [0.15, 0.2) is 0 Å². The summed E-state index contributed by atoms with van der Waals surface area (Å²) in [5.41, 5.74) is 10.6. The zero-order chi connectivity index (χ0) is 34.6. The van der Waals surface area contributed by atoms with Gasteiger partial charge in [0.25, 0.3) is 0 Å². The Balaban J connectivity index is 0.00000432. The largest absolute Gasteiger partial charge is 2.00 e. The third-order valence-corrected chi connectivity index (χ3v) is 10.2. The van der Waals surface area contributed by atoms with E-state index in [9.17, 15) is 0 Å². The maximum atomic E-state index is 6.69. The molecule has 0 spiro atoms. The molecule has 0 fully saturated rings. The SMILES string of the molecule is CC1=CCC[C@H](C)C1c1c(C(C)C)nn(-c2[c-]c(Oc3[c-]c4c(cc3)c3ccccc3n4-c3cc(C)ccn3)cc(C(C)C)c2)c1C(C)C.[Pt+2]. The fourth-order valence-electron chi connectivity index (χ4n) is 7.76. The van der Waals surface area contributed by atoms with E-state index in [4.69, 9.17) is 14.8 Å². The molecular formula is C44H48N4OPt. The second kappa shape index (κ2) is 14.3. The minimum absolute atomic E-state index is 0. The molecule has 3 heterocycles. The summed E-state index contributed by atoms with van der Waals surface area (Å²) in [6.07, 6.45) is 6.66. The fraction of sp³-hybridized carbons (Fsp3) is 0.364. The Labute approximate surface area is 312 Å². The molecule has 0 saturated heterocycles. The molecule has 50 heavy (non-hydrogen) atoms. The molecule has 1 unspecified atom stereocenters. The average Bonchev–Trinajstić information content (AvgIpc) is 3.61. The summed E-state index contributed by atoms with van der Waals surface area (Å²) in [7, 11) is 0. The third-order valence-electron chi connectivity index (χ3n) is 10.2. The topological polar surface area (TPSA) is 44.9 Å². The molecule has 3 aromatic carbocycles. The summed E-state index contributed by atoms with van der Waals surface area (Å²) in [6.45, 7) is 20.4. The number of allylic oxidation sites excluding steroid dienone is 2. The predicted molar refractivity (Wildman–Crippen MR) is 202 cm³/mol. The van der Waals surface area contributed by atoms with Crippen molar-refractivity contribution in [3.63, 3.8) is 0 Å². The first-order valence-electron chi connectivity index (χ1n) is 17.9. The summed E-state index contributed by atoms with van der Waals surface area (Å²) in [6, 6.07) is 28.4. The molecule has 1 aliphatic carbocycles. The molecule has 0 aliphatic heterocycles. The van der Waals surface area contributed by atoms with Crippen LogP contribution in [0.1, 0.15) is 120 Å². The van der Waals surface area contributed by atoms with E-state index in [1.165, 1.54) is 34.5 Å². The fourth-order valence-corrected chi connectivity index (χ4v) is 7.76. The van der Waals surface area contributed by atoms with Crippen molar-refractivity contribution < 1.29 is 25.8 Å². The Morgan fingerprint density at radius 1 is 0.840 bits per heavy atom. The summed E-state index contributed by atoms with van der Waals surface area (Å²) >= 11 is 0. The number of fused-ring (bicyclic) bond motifs is 3. The van der Waals surface area contributed by atoms with Gasteiger partial charge < -0.3 is 9.30 Å². The van der Waals surface area contributed by atoms with Crippen molar-refractivity contribution in [1.82, 2.24) is 19.3 Å². The van der Waals surface area contributed by atoms with E-state index >= 15 is 0 Å². The Bertz CT molecular complexity index is 2200. The van der Waals surface area contributed by atoms with E-state index in [0.717, 1.165) is 45.3 Å². The van der Waals surface area contributed by atoms with Crippen molar-refractivity contribution in [3.05, 3.63) is 119 Å². The first kappa shape index (κ1) is 35.9. The first-order valence-corrected chi connectivity index (χ1v) is 17.9. The number of rotatable bonds is 8. The van der Waals surface area contributed by atoms with E-state index in [1.807, 2.05) is 18.3 Å². The van der Waals surface area contributed by atoms with Gasteiger partial charge in [0.1, 0.15) is 5.82 Å². The van der Waals surface area contributed by atoms with Gasteiger partial charge in [-0.05, 0) is 85.2 Å². The number of para-hydroxylation sites is 1. The molecular weight excluding hydrogens is 796 g/mol. The number of pyridine rings is 1. The Morgan fingerprint density at radius 2 is 1.62 bits per heavy atom. The van der Waals surface area contributed by atoms with Crippen molar-refractivity contribution >= 4 is 21.8 Å². The zero-order valence-electron chi connectivity index (χ0n) is 30.7. The normalized spacial score (nSPS) is 16.4. The van der Waals surface area contributed by atoms with Crippen LogP contribution in [0.2, 0.25) is 0 Å². The van der Waals surface area contributed by atoms with Crippen LogP contribution in [0.15, 0.2) is 78.5 Å². The van der Waals surface area contributed by atoms with Crippen molar-refractivity contribution in [1.29, 1.82) is 0 Å². The molecule has 0 radical (unpaired) electrons. The summed E-state index contributed by atoms with van der Waals surface area (Å²) < 4.78 is 11.0. The molecule has 3 aromatic heterocycles. The number of aromatic nitrogens is 4. The second-order valence-electron chi connectivity index (χ2n) is 14.9. The number of ether oxygens (including phenoxy) is 1. The van der Waals surface area contributed by atoms with Crippen molar-refractivity contribution in [2.75, 3.05) is 0 Å². The van der Waals surface area contributed by atoms with Gasteiger partial charge in [0.2, 0.25) is 0 Å². The van der Waals surface area contributed by atoms with Crippen molar-refractivity contribution in [3.8, 4) is 23.0 Å². The van der Waals surface area contributed by atoms with Crippen LogP contribution < -0.4 is 4.74 Å². The number of benzene rings is 3. The van der Waals surface area contributed by atoms with Crippen molar-refractivity contribution in [2.24, 2.45) is 5.92 Å². The summed E-state index contributed by atoms with van der Waals surface area (Å²) in [5, 5.41) is 7.67. The minimum Gasteiger partial charge on any atom is -0.509 e. The van der Waals surface area contributed by atoms with Crippen LogP contribution in [-0.4, -0.2) is 19.3 Å². The summed E-state index contributed by atoms with van der Waals surface area (Å²) in [5.74, 6) is 3.98. The number of nitrogens with zero attached hydrogens (tertiary/aromatic N) is 4. The molecule has 0 N–H and O–H groups in total. The predicted octanol–water partition coefficient (Wildman–Crippen LogP) is 11.9. The average molecular weight is 844 g/mol. The molecule has 5 nitrogen and oxygen atoms in total. The molecule has 6 aromatic rings.